The van der Waals surface area contributed by atoms with E-state index in [1.807, 2.05) is 34.1 Å². The molecule has 0 N–H and O–H groups in total. The van der Waals surface area contributed by atoms with Crippen LogP contribution in [0.5, 0.6) is 0 Å². The van der Waals surface area contributed by atoms with Gasteiger partial charge >= 0.3 is 0 Å². The fourth-order valence-electron chi connectivity index (χ4n) is 3.59. The van der Waals surface area contributed by atoms with Gasteiger partial charge in [0, 0.05) is 37.7 Å². The number of hydrogen-bond acceptors (Lipinski definition) is 2. The van der Waals surface area contributed by atoms with Gasteiger partial charge in [-0.1, -0.05) is 19.1 Å². The number of carbonyl (C=O) groups excluding carboxylic acids is 2. The summed E-state index contributed by atoms with van der Waals surface area (Å²) in [7, 11) is 0. The Kier molecular flexibility index (Phi) is 4.99. The van der Waals surface area contributed by atoms with Crippen LogP contribution in [0.25, 0.3) is 0 Å². The lowest BCUT2D eigenvalue weighted by Crippen LogP contribution is -2.43. The van der Waals surface area contributed by atoms with Gasteiger partial charge in [-0.2, -0.15) is 0 Å². The average molecular weight is 314 g/mol. The first-order valence-electron chi connectivity index (χ1n) is 8.86. The van der Waals surface area contributed by atoms with Gasteiger partial charge in [0.2, 0.25) is 5.91 Å². The zero-order chi connectivity index (χ0) is 16.2. The van der Waals surface area contributed by atoms with E-state index in [1.54, 1.807) is 0 Å². The molecule has 0 bridgehead atoms. The Bertz CT molecular complexity index is 553. The first-order chi connectivity index (χ1) is 11.2. The average Bonchev–Trinajstić information content (AvgIpc) is 3.15. The van der Waals surface area contributed by atoms with Crippen molar-refractivity contribution in [1.82, 2.24) is 9.80 Å². The SMILES string of the molecule is CCc1ccc(C(=O)N2CCC(C(=O)N3CCCC3)CC2)cc1. The van der Waals surface area contributed by atoms with Crippen molar-refractivity contribution >= 4 is 11.8 Å². The second-order valence-electron chi connectivity index (χ2n) is 6.65. The van der Waals surface area contributed by atoms with Crippen LogP contribution in [-0.2, 0) is 11.2 Å². The van der Waals surface area contributed by atoms with Crippen LogP contribution in [0.1, 0.15) is 48.5 Å². The number of nitrogens with zero attached hydrogens (tertiary/aromatic N) is 2. The maximum Gasteiger partial charge on any atom is 0.253 e. The first kappa shape index (κ1) is 16.0. The Labute approximate surface area is 138 Å². The number of rotatable bonds is 3. The van der Waals surface area contributed by atoms with Crippen LogP contribution in [0.2, 0.25) is 0 Å². The second kappa shape index (κ2) is 7.16. The molecule has 0 spiro atoms. The minimum Gasteiger partial charge on any atom is -0.342 e. The molecule has 0 unspecified atom stereocenters. The van der Waals surface area contributed by atoms with Crippen molar-refractivity contribution in [2.45, 2.75) is 39.0 Å². The van der Waals surface area contributed by atoms with Gasteiger partial charge in [-0.05, 0) is 49.8 Å². The Balaban J connectivity index is 1.55. The van der Waals surface area contributed by atoms with E-state index in [2.05, 4.69) is 6.92 Å². The van der Waals surface area contributed by atoms with Crippen LogP contribution in [0.15, 0.2) is 24.3 Å². The fourth-order valence-corrected chi connectivity index (χ4v) is 3.59. The third kappa shape index (κ3) is 3.57. The number of amides is 2. The molecular weight excluding hydrogens is 288 g/mol. The molecule has 0 atom stereocenters. The van der Waals surface area contributed by atoms with Crippen LogP contribution < -0.4 is 0 Å². The fraction of sp³-hybridized carbons (Fsp3) is 0.579. The number of likely N-dealkylation sites (tertiary alicyclic amines) is 2. The van der Waals surface area contributed by atoms with Gasteiger partial charge in [0.25, 0.3) is 5.91 Å². The highest BCUT2D eigenvalue weighted by atomic mass is 16.2. The summed E-state index contributed by atoms with van der Waals surface area (Å²) in [6, 6.07) is 7.89. The highest BCUT2D eigenvalue weighted by molar-refractivity contribution is 5.94. The summed E-state index contributed by atoms with van der Waals surface area (Å²) >= 11 is 0. The summed E-state index contributed by atoms with van der Waals surface area (Å²) in [5, 5.41) is 0. The molecule has 2 heterocycles. The molecule has 2 amide bonds. The molecule has 0 aliphatic carbocycles. The summed E-state index contributed by atoms with van der Waals surface area (Å²) < 4.78 is 0. The molecule has 4 nitrogen and oxygen atoms in total. The van der Waals surface area contributed by atoms with Crippen molar-refractivity contribution in [3.63, 3.8) is 0 Å². The van der Waals surface area contributed by atoms with E-state index in [1.165, 1.54) is 5.56 Å². The lowest BCUT2D eigenvalue weighted by molar-refractivity contribution is -0.135. The van der Waals surface area contributed by atoms with E-state index in [0.29, 0.717) is 19.0 Å². The minimum absolute atomic E-state index is 0.0970. The summed E-state index contributed by atoms with van der Waals surface area (Å²) in [5.74, 6) is 0.515. The zero-order valence-electron chi connectivity index (χ0n) is 14.0. The largest absolute Gasteiger partial charge is 0.342 e. The maximum absolute atomic E-state index is 12.6. The van der Waals surface area contributed by atoms with E-state index in [9.17, 15) is 9.59 Å². The van der Waals surface area contributed by atoms with Gasteiger partial charge in [0.15, 0.2) is 0 Å². The lowest BCUT2D eigenvalue weighted by Gasteiger charge is -2.33. The van der Waals surface area contributed by atoms with Crippen molar-refractivity contribution in [2.75, 3.05) is 26.2 Å². The molecule has 3 rings (SSSR count). The third-order valence-corrected chi connectivity index (χ3v) is 5.16. The zero-order valence-corrected chi connectivity index (χ0v) is 14.0. The molecule has 4 heteroatoms. The molecule has 0 radical (unpaired) electrons. The molecule has 2 aliphatic heterocycles. The number of benzene rings is 1. The molecule has 0 aromatic heterocycles. The monoisotopic (exact) mass is 314 g/mol. The minimum atomic E-state index is 0.0970. The molecule has 2 aliphatic rings. The number of carbonyl (C=O) groups is 2. The van der Waals surface area contributed by atoms with Crippen molar-refractivity contribution in [3.8, 4) is 0 Å². The molecule has 2 saturated heterocycles. The van der Waals surface area contributed by atoms with E-state index in [-0.39, 0.29) is 11.8 Å². The Morgan fingerprint density at radius 1 is 0.957 bits per heavy atom. The van der Waals surface area contributed by atoms with E-state index in [0.717, 1.165) is 50.8 Å². The normalized spacial score (nSPS) is 19.2. The first-order valence-corrected chi connectivity index (χ1v) is 8.86. The van der Waals surface area contributed by atoms with E-state index in [4.69, 9.17) is 0 Å². The third-order valence-electron chi connectivity index (χ3n) is 5.16. The van der Waals surface area contributed by atoms with Crippen LogP contribution in [0.3, 0.4) is 0 Å². The van der Waals surface area contributed by atoms with Crippen LogP contribution in [0.4, 0.5) is 0 Å². The Morgan fingerprint density at radius 2 is 1.57 bits per heavy atom. The van der Waals surface area contributed by atoms with Crippen LogP contribution >= 0.6 is 0 Å². The standard InChI is InChI=1S/C19H26N2O2/c1-2-15-5-7-16(8-6-15)18(22)21-13-9-17(10-14-21)19(23)20-11-3-4-12-20/h5-8,17H,2-4,9-14H2,1H3. The second-order valence-corrected chi connectivity index (χ2v) is 6.65. The summed E-state index contributed by atoms with van der Waals surface area (Å²) in [5.41, 5.74) is 2.00. The Morgan fingerprint density at radius 3 is 2.13 bits per heavy atom. The van der Waals surface area contributed by atoms with Gasteiger partial charge in [-0.3, -0.25) is 9.59 Å². The van der Waals surface area contributed by atoms with Gasteiger partial charge in [0.1, 0.15) is 0 Å². The van der Waals surface area contributed by atoms with Gasteiger partial charge in [-0.15, -0.1) is 0 Å². The van der Waals surface area contributed by atoms with Crippen LogP contribution in [-0.4, -0.2) is 47.8 Å². The number of hydrogen-bond donors (Lipinski definition) is 0. The van der Waals surface area contributed by atoms with Crippen molar-refractivity contribution < 1.29 is 9.59 Å². The summed E-state index contributed by atoms with van der Waals surface area (Å²) in [4.78, 5) is 28.9. The number of aryl methyl sites for hydroxylation is 1. The van der Waals surface area contributed by atoms with Crippen molar-refractivity contribution in [3.05, 3.63) is 35.4 Å². The van der Waals surface area contributed by atoms with Crippen molar-refractivity contribution in [2.24, 2.45) is 5.92 Å². The van der Waals surface area contributed by atoms with Gasteiger partial charge in [0.05, 0.1) is 0 Å². The van der Waals surface area contributed by atoms with Crippen LogP contribution in [0, 0.1) is 5.92 Å². The predicted octanol–water partition coefficient (Wildman–Crippen LogP) is 2.72. The lowest BCUT2D eigenvalue weighted by atomic mass is 9.94. The van der Waals surface area contributed by atoms with Crippen molar-refractivity contribution in [1.29, 1.82) is 0 Å². The van der Waals surface area contributed by atoms with Gasteiger partial charge in [-0.25, -0.2) is 0 Å². The molecular formula is C19H26N2O2. The summed E-state index contributed by atoms with van der Waals surface area (Å²) in [6.07, 6.45) is 4.86. The molecule has 23 heavy (non-hydrogen) atoms. The van der Waals surface area contributed by atoms with E-state index < -0.39 is 0 Å². The maximum atomic E-state index is 12.6. The predicted molar refractivity (Wildman–Crippen MR) is 90.3 cm³/mol. The highest BCUT2D eigenvalue weighted by Crippen LogP contribution is 2.23. The smallest absolute Gasteiger partial charge is 0.253 e. The van der Waals surface area contributed by atoms with E-state index >= 15 is 0 Å². The molecule has 124 valence electrons. The molecule has 1 aromatic rings. The quantitative estimate of drug-likeness (QED) is 0.861. The summed E-state index contributed by atoms with van der Waals surface area (Å²) in [6.45, 7) is 5.33. The molecule has 2 fully saturated rings. The molecule has 1 aromatic carbocycles. The highest BCUT2D eigenvalue weighted by Gasteiger charge is 2.31. The molecule has 0 saturated carbocycles. The topological polar surface area (TPSA) is 40.6 Å². The Hall–Kier alpha value is -1.84. The number of piperidine rings is 1. The van der Waals surface area contributed by atoms with Gasteiger partial charge < -0.3 is 9.80 Å².